The Bertz CT molecular complexity index is 3480. The number of rotatable bonds is 4. The topological polar surface area (TPSA) is 146 Å². The van der Waals surface area contributed by atoms with E-state index < -0.39 is 0 Å². The maximum atomic E-state index is 7.00. The molecular formula is C70H76N4O10Zn. The molecule has 14 rings (SSSR count). The van der Waals surface area contributed by atoms with Crippen LogP contribution in [0, 0.1) is 13.8 Å². The van der Waals surface area contributed by atoms with Crippen LogP contribution in [0.2, 0.25) is 0 Å². The van der Waals surface area contributed by atoms with Crippen LogP contribution in [0.5, 0.6) is 34.5 Å². The first-order valence-electron chi connectivity index (χ1n) is 29.8. The molecule has 7 aromatic rings. The van der Waals surface area contributed by atoms with Gasteiger partial charge in [0.2, 0.25) is 0 Å². The zero-order valence-electron chi connectivity index (χ0n) is 50.5. The molecule has 7 aliphatic heterocycles. The molecule has 14 nitrogen and oxygen atoms in total. The van der Waals surface area contributed by atoms with Crippen molar-refractivity contribution in [1.29, 1.82) is 0 Å². The molecule has 438 valence electrons. The molecule has 0 spiro atoms. The van der Waals surface area contributed by atoms with Gasteiger partial charge in [-0.25, -0.2) is 9.97 Å². The standard InChI is InChI=1S/C70H76N4O10.Zn/c1-9-53-43(5)67-65-57-17-13-15-19-63(57)83-41-47-33-49-37-50(34-47)80-30-26-76-22-24-78-28-32-82-52-36-48(35-51(38-52)81-31-27-77-23-21-75-25-29-79-49)42-84-64-20-16-14-18-58(64)66(69-44(6)54(10-2)60(72-69)39-59(53)71-67)70-46(8)56(12-4)62(74-70)40-61-55(11-3)45(7)68(65)73-61;/h13-20,33-40H,9-12,21-32,41-42H2,1-8H3;/q-2;+2. The van der Waals surface area contributed by atoms with Gasteiger partial charge in [0.15, 0.2) is 0 Å². The van der Waals surface area contributed by atoms with Gasteiger partial charge in [-0.1, -0.05) is 98.5 Å². The molecule has 85 heavy (non-hydrogen) atoms. The summed E-state index contributed by atoms with van der Waals surface area (Å²) in [4.78, 5) is 22.8. The van der Waals surface area contributed by atoms with Gasteiger partial charge in [-0.15, -0.1) is 22.1 Å². The van der Waals surface area contributed by atoms with E-state index in [0.717, 1.165) is 148 Å². The van der Waals surface area contributed by atoms with Gasteiger partial charge < -0.3 is 57.3 Å². The summed E-state index contributed by atoms with van der Waals surface area (Å²) in [6.45, 7) is 22.2. The summed E-state index contributed by atoms with van der Waals surface area (Å²) in [6.07, 6.45) is 3.02. The van der Waals surface area contributed by atoms with E-state index in [4.69, 9.17) is 67.3 Å². The largest absolute Gasteiger partial charge is 2.00 e. The van der Waals surface area contributed by atoms with Gasteiger partial charge in [-0.3, -0.25) is 0 Å². The fraction of sp³-hybridized carbons (Fsp3) is 0.371. The average molecular weight is 1200 g/mol. The van der Waals surface area contributed by atoms with E-state index in [9.17, 15) is 0 Å². The summed E-state index contributed by atoms with van der Waals surface area (Å²) in [5.74, 6) is 3.87. The summed E-state index contributed by atoms with van der Waals surface area (Å²) < 4.78 is 63.1. The molecule has 10 heterocycles. The molecule has 0 atom stereocenters. The number of hydrogen-bond acceptors (Lipinski definition) is 12. The number of para-hydroxylation sites is 2. The Kier molecular flexibility index (Phi) is 20.3. The third-order valence-corrected chi connectivity index (χ3v) is 16.0. The van der Waals surface area contributed by atoms with E-state index in [0.29, 0.717) is 114 Å². The quantitative estimate of drug-likeness (QED) is 0.154. The number of aryl methyl sites for hydroxylation is 4. The van der Waals surface area contributed by atoms with Crippen LogP contribution in [0.3, 0.4) is 0 Å². The fourth-order valence-electron chi connectivity index (χ4n) is 11.9. The Balaban J connectivity index is 0.00000803. The Morgan fingerprint density at radius 2 is 0.741 bits per heavy atom. The van der Waals surface area contributed by atoms with E-state index in [1.807, 2.05) is 60.7 Å². The van der Waals surface area contributed by atoms with Gasteiger partial charge in [0.1, 0.15) is 74.1 Å². The van der Waals surface area contributed by atoms with Crippen molar-refractivity contribution in [2.75, 3.05) is 79.3 Å². The first-order valence-corrected chi connectivity index (χ1v) is 29.8. The molecule has 0 saturated carbocycles. The molecule has 0 amide bonds. The molecule has 3 aromatic heterocycles. The van der Waals surface area contributed by atoms with Crippen molar-refractivity contribution in [3.05, 3.63) is 153 Å². The molecular weight excluding hydrogens is 1120 g/mol. The third-order valence-electron chi connectivity index (χ3n) is 16.0. The molecule has 15 heteroatoms. The minimum atomic E-state index is 0. The molecule has 16 bridgehead atoms. The molecule has 0 aliphatic carbocycles. The van der Waals surface area contributed by atoms with Gasteiger partial charge in [0.25, 0.3) is 0 Å². The van der Waals surface area contributed by atoms with E-state index in [2.05, 4.69) is 91.8 Å². The SMILES string of the molecule is CCC1=C(C)c2nc1cc1[n-]c(c(C)c1CC)c1c3nc(cc4[n-]c(c(C)c4CC)c2-c2ccccc2OCc2cc4cc(c2)OCCOCCOCCOc2cc(cc(c2)OCCOCCOCCO4)COc2ccccc2-1)C(CC)=C3C.[Zn+2]. The molecule has 0 radical (unpaired) electrons. The molecule has 0 saturated heterocycles. The Morgan fingerprint density at radius 1 is 0.400 bits per heavy atom. The number of ether oxygens (including phenoxy) is 10. The second-order valence-electron chi connectivity index (χ2n) is 21.3. The van der Waals surface area contributed by atoms with Crippen LogP contribution in [0.25, 0.3) is 66.6 Å². The number of benzene rings is 4. The van der Waals surface area contributed by atoms with Gasteiger partial charge in [0, 0.05) is 23.3 Å². The van der Waals surface area contributed by atoms with E-state index in [1.54, 1.807) is 0 Å². The average Bonchev–Trinajstić information content (AvgIpc) is 4.32. The van der Waals surface area contributed by atoms with Crippen molar-refractivity contribution in [2.24, 2.45) is 0 Å². The Morgan fingerprint density at radius 3 is 1.08 bits per heavy atom. The summed E-state index contributed by atoms with van der Waals surface area (Å²) in [6, 6.07) is 32.6. The van der Waals surface area contributed by atoms with Crippen molar-refractivity contribution in [3.63, 3.8) is 0 Å². The summed E-state index contributed by atoms with van der Waals surface area (Å²) in [5.41, 5.74) is 21.1. The van der Waals surface area contributed by atoms with Crippen LogP contribution in [-0.4, -0.2) is 89.3 Å². The molecule has 0 fully saturated rings. The number of hydrogen-bond donors (Lipinski definition) is 0. The second-order valence-corrected chi connectivity index (χ2v) is 21.3. The van der Waals surface area contributed by atoms with E-state index in [-0.39, 0.29) is 32.7 Å². The Labute approximate surface area is 512 Å². The number of allylic oxidation sites excluding steroid dienone is 4. The van der Waals surface area contributed by atoms with E-state index >= 15 is 0 Å². The second kappa shape index (κ2) is 28.3. The minimum absolute atomic E-state index is 0. The fourth-order valence-corrected chi connectivity index (χ4v) is 11.9. The molecule has 0 unspecified atom stereocenters. The Hall–Kier alpha value is -7.26. The van der Waals surface area contributed by atoms with Gasteiger partial charge in [0.05, 0.1) is 75.6 Å². The smallest absolute Gasteiger partial charge is 0.657 e. The zero-order chi connectivity index (χ0) is 58.1. The van der Waals surface area contributed by atoms with Gasteiger partial charge in [-0.05, 0) is 134 Å². The van der Waals surface area contributed by atoms with Crippen LogP contribution >= 0.6 is 0 Å². The van der Waals surface area contributed by atoms with Crippen LogP contribution < -0.4 is 38.4 Å². The monoisotopic (exact) mass is 1200 g/mol. The minimum Gasteiger partial charge on any atom is -0.657 e. The van der Waals surface area contributed by atoms with Gasteiger partial charge >= 0.3 is 19.5 Å². The van der Waals surface area contributed by atoms with Crippen molar-refractivity contribution < 1.29 is 66.8 Å². The van der Waals surface area contributed by atoms with Crippen molar-refractivity contribution in [1.82, 2.24) is 19.9 Å². The van der Waals surface area contributed by atoms with Crippen LogP contribution in [0.15, 0.2) is 97.1 Å². The zero-order valence-corrected chi connectivity index (χ0v) is 53.5. The van der Waals surface area contributed by atoms with Crippen LogP contribution in [-0.2, 0) is 64.5 Å². The third kappa shape index (κ3) is 13.4. The normalized spacial score (nSPS) is 15.7. The van der Waals surface area contributed by atoms with Gasteiger partial charge in [-0.2, -0.15) is 0 Å². The van der Waals surface area contributed by atoms with Crippen molar-refractivity contribution in [2.45, 2.75) is 94.3 Å². The van der Waals surface area contributed by atoms with Crippen molar-refractivity contribution in [3.8, 4) is 56.8 Å². The number of nitrogens with zero attached hydrogens (tertiary/aromatic N) is 4. The van der Waals surface area contributed by atoms with Crippen LogP contribution in [0.1, 0.15) is 111 Å². The molecule has 7 aliphatic rings. The summed E-state index contributed by atoms with van der Waals surface area (Å²) in [5, 5.41) is 0. The first-order chi connectivity index (χ1) is 41.1. The van der Waals surface area contributed by atoms with Crippen molar-refractivity contribution >= 4 is 44.4 Å². The first kappa shape index (κ1) is 60.9. The predicted molar refractivity (Wildman–Crippen MR) is 330 cm³/mol. The van der Waals surface area contributed by atoms with Crippen LogP contribution in [0.4, 0.5) is 0 Å². The summed E-state index contributed by atoms with van der Waals surface area (Å²) >= 11 is 0. The van der Waals surface area contributed by atoms with E-state index in [1.165, 1.54) is 0 Å². The maximum absolute atomic E-state index is 7.00. The molecule has 4 aromatic carbocycles. The maximum Gasteiger partial charge on any atom is 2.00 e. The molecule has 0 N–H and O–H groups in total. The number of aromatic nitrogens is 4. The predicted octanol–water partition coefficient (Wildman–Crippen LogP) is 14.1. The summed E-state index contributed by atoms with van der Waals surface area (Å²) in [7, 11) is 0.